The SMILES string of the molecule is CCc1nnc(N/N=C/c2ccc(OC)c(OC)c2)n1N. The fraction of sp³-hybridized carbons (Fsp3) is 0.308. The summed E-state index contributed by atoms with van der Waals surface area (Å²) in [7, 11) is 3.17. The molecule has 0 aliphatic rings. The van der Waals surface area contributed by atoms with Crippen molar-refractivity contribution in [3.8, 4) is 11.5 Å². The molecule has 21 heavy (non-hydrogen) atoms. The Kier molecular flexibility index (Phi) is 4.60. The highest BCUT2D eigenvalue weighted by atomic mass is 16.5. The highest BCUT2D eigenvalue weighted by molar-refractivity contribution is 5.81. The molecule has 1 heterocycles. The second kappa shape index (κ2) is 6.60. The normalized spacial score (nSPS) is 10.8. The van der Waals surface area contributed by atoms with E-state index in [0.717, 1.165) is 5.56 Å². The van der Waals surface area contributed by atoms with Crippen LogP contribution in [0.15, 0.2) is 23.3 Å². The van der Waals surface area contributed by atoms with Crippen LogP contribution in [0.1, 0.15) is 18.3 Å². The van der Waals surface area contributed by atoms with Crippen LogP contribution in [0.2, 0.25) is 0 Å². The number of nitrogens with two attached hydrogens (primary N) is 1. The number of rotatable bonds is 6. The Bertz CT molecular complexity index is 638. The molecule has 0 saturated carbocycles. The maximum Gasteiger partial charge on any atom is 0.263 e. The third kappa shape index (κ3) is 3.22. The molecule has 0 radical (unpaired) electrons. The van der Waals surface area contributed by atoms with E-state index in [1.807, 2.05) is 19.1 Å². The van der Waals surface area contributed by atoms with Gasteiger partial charge in [-0.1, -0.05) is 6.92 Å². The number of hydrogen-bond acceptors (Lipinski definition) is 7. The molecule has 2 rings (SSSR count). The Morgan fingerprint density at radius 3 is 2.67 bits per heavy atom. The highest BCUT2D eigenvalue weighted by Crippen LogP contribution is 2.26. The van der Waals surface area contributed by atoms with Crippen LogP contribution in [0.3, 0.4) is 0 Å². The van der Waals surface area contributed by atoms with Gasteiger partial charge in [-0.05, 0) is 23.8 Å². The molecule has 0 amide bonds. The summed E-state index contributed by atoms with van der Waals surface area (Å²) in [6.07, 6.45) is 2.33. The number of hydrazone groups is 1. The van der Waals surface area contributed by atoms with Crippen molar-refractivity contribution in [3.05, 3.63) is 29.6 Å². The van der Waals surface area contributed by atoms with E-state index in [2.05, 4.69) is 20.7 Å². The monoisotopic (exact) mass is 290 g/mol. The number of aryl methyl sites for hydroxylation is 1. The van der Waals surface area contributed by atoms with Gasteiger partial charge >= 0.3 is 0 Å². The Labute approximate surface area is 122 Å². The summed E-state index contributed by atoms with van der Waals surface area (Å²) < 4.78 is 11.8. The Morgan fingerprint density at radius 1 is 1.29 bits per heavy atom. The number of ether oxygens (including phenoxy) is 2. The number of aromatic nitrogens is 3. The number of methoxy groups -OCH3 is 2. The van der Waals surface area contributed by atoms with Crippen molar-refractivity contribution in [1.29, 1.82) is 0 Å². The van der Waals surface area contributed by atoms with Crippen LogP contribution in [-0.4, -0.2) is 35.3 Å². The molecule has 112 valence electrons. The summed E-state index contributed by atoms with van der Waals surface area (Å²) in [5, 5.41) is 11.9. The van der Waals surface area contributed by atoms with Gasteiger partial charge in [-0.3, -0.25) is 0 Å². The Morgan fingerprint density at radius 2 is 2.05 bits per heavy atom. The third-order valence-corrected chi connectivity index (χ3v) is 2.87. The van der Waals surface area contributed by atoms with Gasteiger partial charge in [-0.15, -0.1) is 10.2 Å². The van der Waals surface area contributed by atoms with Crippen LogP contribution in [0, 0.1) is 0 Å². The maximum atomic E-state index is 5.80. The number of nitrogens with zero attached hydrogens (tertiary/aromatic N) is 4. The quantitative estimate of drug-likeness (QED) is 0.468. The second-order valence-corrected chi connectivity index (χ2v) is 4.15. The van der Waals surface area contributed by atoms with Gasteiger partial charge in [0, 0.05) is 6.42 Å². The molecule has 1 aromatic carbocycles. The third-order valence-electron chi connectivity index (χ3n) is 2.87. The number of hydrogen-bond donors (Lipinski definition) is 2. The minimum atomic E-state index is 0.378. The molecule has 1 aromatic heterocycles. The topological polar surface area (TPSA) is 99.6 Å². The predicted molar refractivity (Wildman–Crippen MR) is 80.3 cm³/mol. The molecular formula is C13H18N6O2. The molecule has 0 fully saturated rings. The molecule has 3 N–H and O–H groups in total. The van der Waals surface area contributed by atoms with Gasteiger partial charge < -0.3 is 15.3 Å². The molecule has 0 aliphatic carbocycles. The van der Waals surface area contributed by atoms with Crippen molar-refractivity contribution in [2.24, 2.45) is 5.10 Å². The van der Waals surface area contributed by atoms with Crippen LogP contribution in [0.5, 0.6) is 11.5 Å². The molecule has 0 bridgehead atoms. The lowest BCUT2D eigenvalue weighted by Gasteiger charge is -2.07. The standard InChI is InChI=1S/C13H18N6O2/c1-4-12-16-18-13(19(12)14)17-15-8-9-5-6-10(20-2)11(7-9)21-3/h5-8H,4,14H2,1-3H3,(H,17,18)/b15-8+. The van der Waals surface area contributed by atoms with Gasteiger partial charge in [-0.25, -0.2) is 10.1 Å². The van der Waals surface area contributed by atoms with Crippen LogP contribution in [0.4, 0.5) is 5.95 Å². The Hall–Kier alpha value is -2.77. The van der Waals surface area contributed by atoms with Crippen molar-refractivity contribution >= 4 is 12.2 Å². The van der Waals surface area contributed by atoms with Gasteiger partial charge in [0.05, 0.1) is 20.4 Å². The zero-order chi connectivity index (χ0) is 15.2. The lowest BCUT2D eigenvalue weighted by Crippen LogP contribution is -2.14. The largest absolute Gasteiger partial charge is 0.493 e. The predicted octanol–water partition coefficient (Wildman–Crippen LogP) is 1.02. The van der Waals surface area contributed by atoms with Gasteiger partial charge in [0.2, 0.25) is 0 Å². The van der Waals surface area contributed by atoms with Crippen LogP contribution < -0.4 is 20.7 Å². The lowest BCUT2D eigenvalue weighted by molar-refractivity contribution is 0.355. The minimum absolute atomic E-state index is 0.378. The minimum Gasteiger partial charge on any atom is -0.493 e. The summed E-state index contributed by atoms with van der Waals surface area (Å²) in [4.78, 5) is 0. The first-order valence-corrected chi connectivity index (χ1v) is 6.40. The van der Waals surface area contributed by atoms with Crippen LogP contribution in [0.25, 0.3) is 0 Å². The molecule has 8 nitrogen and oxygen atoms in total. The molecular weight excluding hydrogens is 272 g/mol. The van der Waals surface area contributed by atoms with Gasteiger partial charge in [0.15, 0.2) is 17.3 Å². The van der Waals surface area contributed by atoms with Crippen LogP contribution >= 0.6 is 0 Å². The van der Waals surface area contributed by atoms with Crippen LogP contribution in [-0.2, 0) is 6.42 Å². The van der Waals surface area contributed by atoms with Crippen molar-refractivity contribution in [2.75, 3.05) is 25.5 Å². The van der Waals surface area contributed by atoms with E-state index in [1.54, 1.807) is 26.5 Å². The van der Waals surface area contributed by atoms with Crippen molar-refractivity contribution in [2.45, 2.75) is 13.3 Å². The maximum absolute atomic E-state index is 5.80. The summed E-state index contributed by atoms with van der Waals surface area (Å²) in [6.45, 7) is 1.95. The molecule has 0 aliphatic heterocycles. The first-order chi connectivity index (χ1) is 10.2. The van der Waals surface area contributed by atoms with Gasteiger partial charge in [0.1, 0.15) is 0 Å². The highest BCUT2D eigenvalue weighted by Gasteiger charge is 2.06. The van der Waals surface area contributed by atoms with Crippen molar-refractivity contribution in [1.82, 2.24) is 14.9 Å². The molecule has 0 spiro atoms. The van der Waals surface area contributed by atoms with E-state index in [1.165, 1.54) is 4.68 Å². The fourth-order valence-corrected chi connectivity index (χ4v) is 1.74. The molecule has 0 unspecified atom stereocenters. The Balaban J connectivity index is 2.09. The number of benzene rings is 1. The van der Waals surface area contributed by atoms with E-state index >= 15 is 0 Å². The zero-order valence-corrected chi connectivity index (χ0v) is 12.2. The average molecular weight is 290 g/mol. The first kappa shape index (κ1) is 14.6. The average Bonchev–Trinajstić information content (AvgIpc) is 2.87. The van der Waals surface area contributed by atoms with E-state index in [-0.39, 0.29) is 0 Å². The van der Waals surface area contributed by atoms with E-state index < -0.39 is 0 Å². The molecule has 0 saturated heterocycles. The number of nitrogen functional groups attached to an aromatic ring is 1. The van der Waals surface area contributed by atoms with E-state index in [0.29, 0.717) is 29.7 Å². The zero-order valence-electron chi connectivity index (χ0n) is 12.2. The lowest BCUT2D eigenvalue weighted by atomic mass is 10.2. The fourth-order valence-electron chi connectivity index (χ4n) is 1.74. The number of nitrogens with one attached hydrogen (secondary N) is 1. The molecule has 2 aromatic rings. The van der Waals surface area contributed by atoms with E-state index in [4.69, 9.17) is 15.3 Å². The second-order valence-electron chi connectivity index (χ2n) is 4.15. The summed E-state index contributed by atoms with van der Waals surface area (Å²) in [5.41, 5.74) is 3.59. The van der Waals surface area contributed by atoms with Crippen molar-refractivity contribution < 1.29 is 9.47 Å². The van der Waals surface area contributed by atoms with Gasteiger partial charge in [0.25, 0.3) is 5.95 Å². The smallest absolute Gasteiger partial charge is 0.263 e. The molecule has 0 atom stereocenters. The number of anilines is 1. The summed E-state index contributed by atoms with van der Waals surface area (Å²) in [6, 6.07) is 5.48. The summed E-state index contributed by atoms with van der Waals surface area (Å²) in [5.74, 6) is 8.15. The van der Waals surface area contributed by atoms with Gasteiger partial charge in [-0.2, -0.15) is 5.10 Å². The van der Waals surface area contributed by atoms with E-state index in [9.17, 15) is 0 Å². The molecule has 8 heteroatoms. The van der Waals surface area contributed by atoms with Crippen molar-refractivity contribution in [3.63, 3.8) is 0 Å². The summed E-state index contributed by atoms with van der Waals surface area (Å²) >= 11 is 0. The first-order valence-electron chi connectivity index (χ1n) is 6.40.